The number of hydrogen-bond donors (Lipinski definition) is 1. The van der Waals surface area contributed by atoms with Gasteiger partial charge in [-0.05, 0) is 19.1 Å². The van der Waals surface area contributed by atoms with E-state index >= 15 is 0 Å². The SMILES string of the molecule is CCOC(=O)/C(O)=C/C(=O)c1cccc(Cl)c1. The van der Waals surface area contributed by atoms with Crippen LogP contribution in [-0.2, 0) is 9.53 Å². The molecule has 1 aromatic rings. The maximum atomic E-state index is 11.6. The van der Waals surface area contributed by atoms with Gasteiger partial charge in [0.2, 0.25) is 5.76 Å². The second-order valence-corrected chi connectivity index (χ2v) is 3.56. The number of hydrogen-bond acceptors (Lipinski definition) is 4. The van der Waals surface area contributed by atoms with Crippen LogP contribution in [0.4, 0.5) is 0 Å². The Morgan fingerprint density at radius 1 is 1.47 bits per heavy atom. The molecule has 0 radical (unpaired) electrons. The van der Waals surface area contributed by atoms with Gasteiger partial charge >= 0.3 is 5.97 Å². The van der Waals surface area contributed by atoms with E-state index in [4.69, 9.17) is 11.6 Å². The van der Waals surface area contributed by atoms with E-state index in [1.807, 2.05) is 0 Å². The van der Waals surface area contributed by atoms with Gasteiger partial charge in [-0.1, -0.05) is 23.7 Å². The zero-order valence-corrected chi connectivity index (χ0v) is 9.90. The summed E-state index contributed by atoms with van der Waals surface area (Å²) in [5.41, 5.74) is 0.286. The van der Waals surface area contributed by atoms with Crippen LogP contribution in [0, 0.1) is 0 Å². The Labute approximate surface area is 103 Å². The average Bonchev–Trinajstić information content (AvgIpc) is 2.29. The Hall–Kier alpha value is -1.81. The lowest BCUT2D eigenvalue weighted by Gasteiger charge is -2.00. The molecule has 1 N–H and O–H groups in total. The summed E-state index contributed by atoms with van der Waals surface area (Å²) < 4.78 is 4.53. The first kappa shape index (κ1) is 13.3. The van der Waals surface area contributed by atoms with Gasteiger partial charge in [0.25, 0.3) is 0 Å². The quantitative estimate of drug-likeness (QED) is 0.388. The fourth-order valence-corrected chi connectivity index (χ4v) is 1.30. The first-order chi connectivity index (χ1) is 8.04. The van der Waals surface area contributed by atoms with E-state index < -0.39 is 17.5 Å². The summed E-state index contributed by atoms with van der Waals surface area (Å²) in [5, 5.41) is 9.69. The molecule has 0 fully saturated rings. The largest absolute Gasteiger partial charge is 0.502 e. The van der Waals surface area contributed by atoms with Gasteiger partial charge in [0.1, 0.15) is 0 Å². The van der Waals surface area contributed by atoms with Crippen LogP contribution in [0.15, 0.2) is 36.1 Å². The molecule has 0 spiro atoms. The van der Waals surface area contributed by atoms with Gasteiger partial charge in [-0.3, -0.25) is 4.79 Å². The molecule has 0 saturated carbocycles. The molecule has 5 heteroatoms. The van der Waals surface area contributed by atoms with Crippen molar-refractivity contribution in [2.75, 3.05) is 6.61 Å². The zero-order chi connectivity index (χ0) is 12.8. The molecule has 0 amide bonds. The summed E-state index contributed by atoms with van der Waals surface area (Å²) >= 11 is 5.71. The van der Waals surface area contributed by atoms with Crippen molar-refractivity contribution in [1.29, 1.82) is 0 Å². The molecule has 0 heterocycles. The minimum Gasteiger partial charge on any atom is -0.502 e. The maximum Gasteiger partial charge on any atom is 0.373 e. The number of benzene rings is 1. The number of esters is 1. The summed E-state index contributed by atoms with van der Waals surface area (Å²) in [5.74, 6) is -2.17. The van der Waals surface area contributed by atoms with Gasteiger partial charge in [-0.15, -0.1) is 0 Å². The van der Waals surface area contributed by atoms with Gasteiger partial charge < -0.3 is 9.84 Å². The van der Waals surface area contributed by atoms with Crippen molar-refractivity contribution in [3.8, 4) is 0 Å². The Morgan fingerprint density at radius 2 is 2.18 bits per heavy atom. The lowest BCUT2D eigenvalue weighted by atomic mass is 10.1. The minimum absolute atomic E-state index is 0.127. The third-order valence-corrected chi connectivity index (χ3v) is 2.10. The molecular formula is C12H11ClO4. The molecule has 0 aromatic heterocycles. The standard InChI is InChI=1S/C12H11ClO4/c1-2-17-12(16)11(15)7-10(14)8-4-3-5-9(13)6-8/h3-7,15H,2H2,1H3/b11-7-. The van der Waals surface area contributed by atoms with Gasteiger partial charge in [-0.2, -0.15) is 0 Å². The highest BCUT2D eigenvalue weighted by atomic mass is 35.5. The number of carbonyl (C=O) groups excluding carboxylic acids is 2. The summed E-state index contributed by atoms with van der Waals surface area (Å²) in [4.78, 5) is 22.7. The number of halogens is 1. The first-order valence-electron chi connectivity index (χ1n) is 4.92. The molecule has 0 bridgehead atoms. The van der Waals surface area contributed by atoms with Crippen LogP contribution in [0.1, 0.15) is 17.3 Å². The molecule has 0 atom stereocenters. The molecule has 4 nitrogen and oxygen atoms in total. The molecule has 0 unspecified atom stereocenters. The second-order valence-electron chi connectivity index (χ2n) is 3.12. The molecular weight excluding hydrogens is 244 g/mol. The van der Waals surface area contributed by atoms with Gasteiger partial charge in [0.15, 0.2) is 5.78 Å². The maximum absolute atomic E-state index is 11.6. The van der Waals surface area contributed by atoms with Gasteiger partial charge in [0.05, 0.1) is 6.61 Å². The van der Waals surface area contributed by atoms with Crippen LogP contribution in [0.2, 0.25) is 5.02 Å². The fraction of sp³-hybridized carbons (Fsp3) is 0.167. The van der Waals surface area contributed by atoms with Crippen molar-refractivity contribution in [1.82, 2.24) is 0 Å². The fourth-order valence-electron chi connectivity index (χ4n) is 1.11. The Bertz CT molecular complexity index is 465. The van der Waals surface area contributed by atoms with E-state index in [1.165, 1.54) is 12.1 Å². The van der Waals surface area contributed by atoms with Crippen molar-refractivity contribution in [2.45, 2.75) is 6.92 Å². The number of carbonyl (C=O) groups is 2. The van der Waals surface area contributed by atoms with E-state index in [0.29, 0.717) is 5.02 Å². The van der Waals surface area contributed by atoms with Gasteiger partial charge in [-0.25, -0.2) is 4.79 Å². The van der Waals surface area contributed by atoms with Gasteiger partial charge in [0, 0.05) is 16.7 Å². The third kappa shape index (κ3) is 3.92. The minimum atomic E-state index is -0.928. The van der Waals surface area contributed by atoms with Crippen LogP contribution < -0.4 is 0 Å². The van der Waals surface area contributed by atoms with Crippen molar-refractivity contribution in [2.24, 2.45) is 0 Å². The lowest BCUT2D eigenvalue weighted by molar-refractivity contribution is -0.141. The van der Waals surface area contributed by atoms with E-state index in [9.17, 15) is 14.7 Å². The molecule has 90 valence electrons. The lowest BCUT2D eigenvalue weighted by Crippen LogP contribution is -2.09. The Balaban J connectivity index is 2.85. The molecule has 1 rings (SSSR count). The third-order valence-electron chi connectivity index (χ3n) is 1.86. The number of aliphatic hydroxyl groups excluding tert-OH is 1. The highest BCUT2D eigenvalue weighted by Gasteiger charge is 2.11. The Morgan fingerprint density at radius 3 is 2.76 bits per heavy atom. The summed E-state index contributed by atoms with van der Waals surface area (Å²) in [6, 6.07) is 6.19. The normalized spacial score (nSPS) is 11.1. The topological polar surface area (TPSA) is 63.6 Å². The van der Waals surface area contributed by atoms with Crippen molar-refractivity contribution >= 4 is 23.4 Å². The van der Waals surface area contributed by atoms with Crippen LogP contribution in [0.5, 0.6) is 0 Å². The molecule has 0 aliphatic rings. The highest BCUT2D eigenvalue weighted by molar-refractivity contribution is 6.31. The highest BCUT2D eigenvalue weighted by Crippen LogP contribution is 2.12. The summed E-state index contributed by atoms with van der Waals surface area (Å²) in [6.07, 6.45) is 0.809. The molecule has 0 saturated heterocycles. The number of aliphatic hydroxyl groups is 1. The van der Waals surface area contributed by atoms with E-state index in [2.05, 4.69) is 4.74 Å². The summed E-state index contributed by atoms with van der Waals surface area (Å²) in [7, 11) is 0. The van der Waals surface area contributed by atoms with E-state index in [0.717, 1.165) is 6.08 Å². The molecule has 0 aliphatic heterocycles. The average molecular weight is 255 g/mol. The predicted octanol–water partition coefficient (Wildman–Crippen LogP) is 2.53. The zero-order valence-electron chi connectivity index (χ0n) is 9.14. The predicted molar refractivity (Wildman–Crippen MR) is 63.1 cm³/mol. The number of ether oxygens (including phenoxy) is 1. The number of rotatable bonds is 4. The summed E-state index contributed by atoms with van der Waals surface area (Å²) in [6.45, 7) is 1.73. The smallest absolute Gasteiger partial charge is 0.373 e. The number of allylic oxidation sites excluding steroid dienone is 1. The van der Waals surface area contributed by atoms with E-state index in [1.54, 1.807) is 19.1 Å². The molecule has 1 aromatic carbocycles. The second kappa shape index (κ2) is 6.06. The van der Waals surface area contributed by atoms with Crippen molar-refractivity contribution < 1.29 is 19.4 Å². The molecule has 17 heavy (non-hydrogen) atoms. The monoisotopic (exact) mass is 254 g/mol. The first-order valence-corrected chi connectivity index (χ1v) is 5.30. The van der Waals surface area contributed by atoms with Crippen molar-refractivity contribution in [3.05, 3.63) is 46.7 Å². The molecule has 0 aliphatic carbocycles. The Kier molecular flexibility index (Phi) is 4.72. The number of ketones is 1. The van der Waals surface area contributed by atoms with E-state index in [-0.39, 0.29) is 12.2 Å². The van der Waals surface area contributed by atoms with Crippen LogP contribution in [0.3, 0.4) is 0 Å². The van der Waals surface area contributed by atoms with Crippen LogP contribution >= 0.6 is 11.6 Å². The van der Waals surface area contributed by atoms with Crippen molar-refractivity contribution in [3.63, 3.8) is 0 Å². The van der Waals surface area contributed by atoms with Crippen LogP contribution in [0.25, 0.3) is 0 Å². The van der Waals surface area contributed by atoms with Crippen LogP contribution in [-0.4, -0.2) is 23.5 Å².